The zero-order valence-corrected chi connectivity index (χ0v) is 10.6. The fourth-order valence-corrected chi connectivity index (χ4v) is 1.86. The Morgan fingerprint density at radius 3 is 3.12 bits per heavy atom. The second-order valence-electron chi connectivity index (χ2n) is 3.67. The molecule has 0 amide bonds. The van der Waals surface area contributed by atoms with Crippen molar-refractivity contribution in [3.05, 3.63) is 22.3 Å². The number of ether oxygens (including phenoxy) is 1. The summed E-state index contributed by atoms with van der Waals surface area (Å²) in [5.41, 5.74) is 0.956. The molecular formula is C11H12BrN3O. The van der Waals surface area contributed by atoms with Gasteiger partial charge < -0.3 is 9.64 Å². The Bertz CT molecular complexity index is 430. The van der Waals surface area contributed by atoms with Gasteiger partial charge in [-0.15, -0.1) is 0 Å². The first-order valence-corrected chi connectivity index (χ1v) is 5.89. The van der Waals surface area contributed by atoms with Gasteiger partial charge in [-0.3, -0.25) is 0 Å². The third-order valence-electron chi connectivity index (χ3n) is 2.54. The van der Waals surface area contributed by atoms with Crippen LogP contribution >= 0.6 is 15.9 Å². The Balaban J connectivity index is 2.17. The van der Waals surface area contributed by atoms with E-state index in [9.17, 15) is 0 Å². The maximum Gasteiger partial charge on any atom is 0.161 e. The van der Waals surface area contributed by atoms with Gasteiger partial charge in [0.25, 0.3) is 0 Å². The molecule has 16 heavy (non-hydrogen) atoms. The molecule has 5 heteroatoms. The maximum absolute atomic E-state index is 8.82. The van der Waals surface area contributed by atoms with Gasteiger partial charge >= 0.3 is 0 Å². The lowest BCUT2D eigenvalue weighted by Crippen LogP contribution is -2.42. The monoisotopic (exact) mass is 281 g/mol. The summed E-state index contributed by atoms with van der Waals surface area (Å²) in [6, 6.07) is 6.06. The molecule has 1 aromatic heterocycles. The zero-order chi connectivity index (χ0) is 11.5. The summed E-state index contributed by atoms with van der Waals surface area (Å²) < 4.78 is 6.29. The number of hydrogen-bond acceptors (Lipinski definition) is 4. The Kier molecular flexibility index (Phi) is 3.42. The molecule has 1 aromatic rings. The van der Waals surface area contributed by atoms with Gasteiger partial charge in [-0.25, -0.2) is 4.98 Å². The Morgan fingerprint density at radius 2 is 2.44 bits per heavy atom. The normalized spacial score (nSPS) is 20.6. The van der Waals surface area contributed by atoms with E-state index >= 15 is 0 Å². The van der Waals surface area contributed by atoms with Crippen LogP contribution in [-0.4, -0.2) is 30.8 Å². The minimum atomic E-state index is -0.348. The predicted octanol–water partition coefficient (Wildman–Crippen LogP) is 1.88. The maximum atomic E-state index is 8.82. The summed E-state index contributed by atoms with van der Waals surface area (Å²) in [7, 11) is 0. The number of rotatable bonds is 1. The van der Waals surface area contributed by atoms with Crippen molar-refractivity contribution in [3.63, 3.8) is 0 Å². The number of halogens is 1. The van der Waals surface area contributed by atoms with E-state index < -0.39 is 0 Å². The lowest BCUT2D eigenvalue weighted by atomic mass is 10.3. The van der Waals surface area contributed by atoms with Crippen LogP contribution in [-0.2, 0) is 4.74 Å². The van der Waals surface area contributed by atoms with Crippen molar-refractivity contribution in [2.24, 2.45) is 0 Å². The molecule has 1 atom stereocenters. The van der Waals surface area contributed by atoms with Crippen molar-refractivity contribution < 1.29 is 4.74 Å². The Hall–Kier alpha value is -1.12. The number of nitriles is 1. The summed E-state index contributed by atoms with van der Waals surface area (Å²) >= 11 is 3.42. The largest absolute Gasteiger partial charge is 0.360 e. The van der Waals surface area contributed by atoms with E-state index in [0.717, 1.165) is 22.5 Å². The first-order chi connectivity index (χ1) is 7.70. The Labute approximate surface area is 103 Å². The number of aryl methyl sites for hydroxylation is 1. The molecule has 1 fully saturated rings. The van der Waals surface area contributed by atoms with Gasteiger partial charge in [-0.05, 0) is 35.0 Å². The number of pyridine rings is 1. The van der Waals surface area contributed by atoms with Gasteiger partial charge in [0.15, 0.2) is 6.10 Å². The summed E-state index contributed by atoms with van der Waals surface area (Å²) in [6.07, 6.45) is -0.348. The van der Waals surface area contributed by atoms with Crippen LogP contribution in [0.5, 0.6) is 0 Å². The fraction of sp³-hybridized carbons (Fsp3) is 0.455. The van der Waals surface area contributed by atoms with E-state index in [1.807, 2.05) is 19.1 Å². The van der Waals surface area contributed by atoms with Gasteiger partial charge in [0.05, 0.1) is 24.9 Å². The molecule has 1 aliphatic rings. The summed E-state index contributed by atoms with van der Waals surface area (Å²) in [5, 5.41) is 8.82. The van der Waals surface area contributed by atoms with Crippen LogP contribution < -0.4 is 4.90 Å². The van der Waals surface area contributed by atoms with Gasteiger partial charge in [-0.1, -0.05) is 0 Å². The van der Waals surface area contributed by atoms with Crippen LogP contribution in [0.15, 0.2) is 16.6 Å². The van der Waals surface area contributed by atoms with E-state index in [-0.39, 0.29) is 6.10 Å². The molecule has 2 rings (SSSR count). The second-order valence-corrected chi connectivity index (χ2v) is 4.53. The molecule has 84 valence electrons. The van der Waals surface area contributed by atoms with Crippen LogP contribution in [0.25, 0.3) is 0 Å². The third-order valence-corrected chi connectivity index (χ3v) is 3.38. The van der Waals surface area contributed by atoms with Crippen molar-refractivity contribution in [1.82, 2.24) is 4.98 Å². The quantitative estimate of drug-likeness (QED) is 0.789. The summed E-state index contributed by atoms with van der Waals surface area (Å²) in [4.78, 5) is 6.56. The number of anilines is 1. The minimum absolute atomic E-state index is 0.348. The topological polar surface area (TPSA) is 49.2 Å². The lowest BCUT2D eigenvalue weighted by Gasteiger charge is -2.30. The average molecular weight is 282 g/mol. The van der Waals surface area contributed by atoms with Crippen molar-refractivity contribution >= 4 is 21.7 Å². The molecule has 0 saturated carbocycles. The summed E-state index contributed by atoms with van der Waals surface area (Å²) in [6.45, 7) is 3.90. The molecule has 1 unspecified atom stereocenters. The van der Waals surface area contributed by atoms with Crippen molar-refractivity contribution in [2.45, 2.75) is 13.0 Å². The van der Waals surface area contributed by atoms with E-state index in [1.165, 1.54) is 0 Å². The molecule has 0 bridgehead atoms. The number of aromatic nitrogens is 1. The molecule has 0 aliphatic carbocycles. The SMILES string of the molecule is Cc1nc(N2CCOC(C#N)C2)ccc1Br. The molecular weight excluding hydrogens is 270 g/mol. The second kappa shape index (κ2) is 4.81. The van der Waals surface area contributed by atoms with Gasteiger partial charge in [0.2, 0.25) is 0 Å². The number of hydrogen-bond donors (Lipinski definition) is 0. The molecule has 4 nitrogen and oxygen atoms in total. The first-order valence-electron chi connectivity index (χ1n) is 5.10. The average Bonchev–Trinajstić information content (AvgIpc) is 2.33. The third kappa shape index (κ3) is 2.34. The predicted molar refractivity (Wildman–Crippen MR) is 64.2 cm³/mol. The summed E-state index contributed by atoms with van der Waals surface area (Å²) in [5.74, 6) is 0.907. The Morgan fingerprint density at radius 1 is 1.62 bits per heavy atom. The van der Waals surface area contributed by atoms with Crippen LogP contribution in [0.3, 0.4) is 0 Å². The van der Waals surface area contributed by atoms with E-state index in [1.54, 1.807) is 0 Å². The van der Waals surface area contributed by atoms with Crippen molar-refractivity contribution in [3.8, 4) is 6.07 Å². The van der Waals surface area contributed by atoms with E-state index in [4.69, 9.17) is 10.00 Å². The standard InChI is InChI=1S/C11H12BrN3O/c1-8-10(12)2-3-11(14-8)15-4-5-16-9(6-13)7-15/h2-3,9H,4-5,7H2,1H3. The molecule has 1 aliphatic heterocycles. The van der Waals surface area contributed by atoms with Gasteiger partial charge in [0, 0.05) is 11.0 Å². The molecule has 1 saturated heterocycles. The fourth-order valence-electron chi connectivity index (χ4n) is 1.64. The molecule has 0 spiro atoms. The highest BCUT2D eigenvalue weighted by molar-refractivity contribution is 9.10. The number of nitrogens with zero attached hydrogens (tertiary/aromatic N) is 3. The van der Waals surface area contributed by atoms with Crippen LogP contribution in [0.4, 0.5) is 5.82 Å². The van der Waals surface area contributed by atoms with Gasteiger partial charge in [-0.2, -0.15) is 5.26 Å². The molecule has 2 heterocycles. The zero-order valence-electron chi connectivity index (χ0n) is 8.98. The van der Waals surface area contributed by atoms with Gasteiger partial charge in [0.1, 0.15) is 5.82 Å². The number of morpholine rings is 1. The van der Waals surface area contributed by atoms with Crippen LogP contribution in [0.2, 0.25) is 0 Å². The minimum Gasteiger partial charge on any atom is -0.360 e. The molecule has 0 radical (unpaired) electrons. The van der Waals surface area contributed by atoms with Crippen LogP contribution in [0.1, 0.15) is 5.69 Å². The molecule has 0 aromatic carbocycles. The van der Waals surface area contributed by atoms with Crippen LogP contribution in [0, 0.1) is 18.3 Å². The van der Waals surface area contributed by atoms with E-state index in [2.05, 4.69) is 31.9 Å². The van der Waals surface area contributed by atoms with Crippen molar-refractivity contribution in [2.75, 3.05) is 24.6 Å². The lowest BCUT2D eigenvalue weighted by molar-refractivity contribution is 0.0761. The molecule has 0 N–H and O–H groups in total. The highest BCUT2D eigenvalue weighted by atomic mass is 79.9. The highest BCUT2D eigenvalue weighted by Gasteiger charge is 2.21. The highest BCUT2D eigenvalue weighted by Crippen LogP contribution is 2.20. The van der Waals surface area contributed by atoms with Crippen molar-refractivity contribution in [1.29, 1.82) is 5.26 Å². The first kappa shape index (κ1) is 11.4. The smallest absolute Gasteiger partial charge is 0.161 e. The van der Waals surface area contributed by atoms with E-state index in [0.29, 0.717) is 13.2 Å².